The minimum atomic E-state index is 0.0214. The fourth-order valence-electron chi connectivity index (χ4n) is 1.54. The smallest absolute Gasteiger partial charge is 0.211 e. The Hall–Kier alpha value is -1.90. The first-order chi connectivity index (χ1) is 7.20. The molecule has 0 spiro atoms. The van der Waals surface area contributed by atoms with Gasteiger partial charge in [0.25, 0.3) is 0 Å². The molecule has 3 heteroatoms. The molecule has 1 heterocycles. The van der Waals surface area contributed by atoms with E-state index in [-0.39, 0.29) is 5.78 Å². The summed E-state index contributed by atoms with van der Waals surface area (Å²) in [6.45, 7) is 1.93. The topological polar surface area (TPSA) is 34.9 Å². The van der Waals surface area contributed by atoms with Gasteiger partial charge in [-0.25, -0.2) is 4.98 Å². The molecule has 0 N–H and O–H groups in total. The van der Waals surface area contributed by atoms with Gasteiger partial charge in [-0.2, -0.15) is 0 Å². The number of hydrogen-bond donors (Lipinski definition) is 0. The maximum Gasteiger partial charge on any atom is 0.211 e. The molecule has 0 aliphatic heterocycles. The van der Waals surface area contributed by atoms with Crippen molar-refractivity contribution < 1.29 is 4.79 Å². The molecule has 3 nitrogen and oxygen atoms in total. The summed E-state index contributed by atoms with van der Waals surface area (Å²) in [4.78, 5) is 16.0. The van der Waals surface area contributed by atoms with Crippen molar-refractivity contribution in [2.24, 2.45) is 7.05 Å². The van der Waals surface area contributed by atoms with Gasteiger partial charge in [0.05, 0.1) is 12.5 Å². The minimum absolute atomic E-state index is 0.0214. The van der Waals surface area contributed by atoms with Crippen LogP contribution in [0.25, 0.3) is 0 Å². The van der Waals surface area contributed by atoms with Crippen LogP contribution in [0, 0.1) is 6.92 Å². The summed E-state index contributed by atoms with van der Waals surface area (Å²) in [5, 5.41) is 0. The zero-order chi connectivity index (χ0) is 10.8. The van der Waals surface area contributed by atoms with Crippen molar-refractivity contribution in [1.82, 2.24) is 9.55 Å². The van der Waals surface area contributed by atoms with Crippen molar-refractivity contribution in [2.75, 3.05) is 0 Å². The third kappa shape index (κ3) is 1.68. The van der Waals surface area contributed by atoms with Crippen molar-refractivity contribution in [3.05, 3.63) is 53.6 Å². The molecule has 0 unspecified atom stereocenters. The van der Waals surface area contributed by atoms with Gasteiger partial charge in [-0.05, 0) is 12.5 Å². The number of benzene rings is 1. The lowest BCUT2D eigenvalue weighted by Gasteiger charge is -2.04. The number of imidazole rings is 1. The van der Waals surface area contributed by atoms with Crippen molar-refractivity contribution in [2.45, 2.75) is 6.92 Å². The fourth-order valence-corrected chi connectivity index (χ4v) is 1.54. The monoisotopic (exact) mass is 200 g/mol. The lowest BCUT2D eigenvalue weighted by molar-refractivity contribution is 0.103. The van der Waals surface area contributed by atoms with Crippen molar-refractivity contribution >= 4 is 5.78 Å². The van der Waals surface area contributed by atoms with Gasteiger partial charge in [-0.1, -0.05) is 24.3 Å². The number of hydrogen-bond acceptors (Lipinski definition) is 2. The molecule has 0 fully saturated rings. The van der Waals surface area contributed by atoms with Crippen molar-refractivity contribution in [1.29, 1.82) is 0 Å². The Balaban J connectivity index is 2.46. The fraction of sp³-hybridized carbons (Fsp3) is 0.167. The third-order valence-corrected chi connectivity index (χ3v) is 2.44. The molecule has 0 amide bonds. The lowest BCUT2D eigenvalue weighted by atomic mass is 10.0. The molecule has 0 atom stereocenters. The van der Waals surface area contributed by atoms with Gasteiger partial charge in [0, 0.05) is 12.6 Å². The maximum atomic E-state index is 12.1. The zero-order valence-corrected chi connectivity index (χ0v) is 8.77. The largest absolute Gasteiger partial charge is 0.331 e. The van der Waals surface area contributed by atoms with E-state index in [4.69, 9.17) is 0 Å². The number of carbonyl (C=O) groups excluding carboxylic acids is 1. The van der Waals surface area contributed by atoms with E-state index in [1.54, 1.807) is 17.1 Å². The first kappa shape index (κ1) is 9.65. The van der Waals surface area contributed by atoms with E-state index in [1.165, 1.54) is 0 Å². The highest BCUT2D eigenvalue weighted by Gasteiger charge is 2.13. The van der Waals surface area contributed by atoms with Gasteiger partial charge in [-0.15, -0.1) is 0 Å². The summed E-state index contributed by atoms with van der Waals surface area (Å²) < 4.78 is 1.73. The van der Waals surface area contributed by atoms with Gasteiger partial charge in [0.15, 0.2) is 0 Å². The number of aromatic nitrogens is 2. The lowest BCUT2D eigenvalue weighted by Crippen LogP contribution is -2.08. The average Bonchev–Trinajstić information content (AvgIpc) is 2.64. The number of ketones is 1. The summed E-state index contributed by atoms with van der Waals surface area (Å²) >= 11 is 0. The number of carbonyl (C=O) groups is 1. The molecule has 15 heavy (non-hydrogen) atoms. The number of aryl methyl sites for hydroxylation is 2. The van der Waals surface area contributed by atoms with Crippen LogP contribution < -0.4 is 0 Å². The molecular weight excluding hydrogens is 188 g/mol. The molecule has 1 aromatic heterocycles. The summed E-state index contributed by atoms with van der Waals surface area (Å²) in [5.74, 6) is 0.0214. The molecule has 0 aliphatic rings. The molecule has 1 aromatic carbocycles. The van der Waals surface area contributed by atoms with E-state index in [0.717, 1.165) is 11.1 Å². The molecule has 0 saturated heterocycles. The minimum Gasteiger partial charge on any atom is -0.331 e. The Bertz CT molecular complexity index is 500. The highest BCUT2D eigenvalue weighted by Crippen LogP contribution is 2.12. The summed E-state index contributed by atoms with van der Waals surface area (Å²) in [6.07, 6.45) is 3.22. The van der Waals surface area contributed by atoms with Crippen LogP contribution >= 0.6 is 0 Å². The van der Waals surface area contributed by atoms with Crippen LogP contribution in [0.3, 0.4) is 0 Å². The second kappa shape index (κ2) is 3.69. The number of nitrogens with zero attached hydrogens (tertiary/aromatic N) is 2. The standard InChI is InChI=1S/C12H12N2O/c1-9-5-3-4-6-10(9)12(15)11-7-13-8-14(11)2/h3-8H,1-2H3. The predicted octanol–water partition coefficient (Wildman–Crippen LogP) is 1.96. The molecule has 0 aliphatic carbocycles. The average molecular weight is 200 g/mol. The van der Waals surface area contributed by atoms with Gasteiger partial charge >= 0.3 is 0 Å². The van der Waals surface area contributed by atoms with Crippen LogP contribution in [0.15, 0.2) is 36.8 Å². The number of rotatable bonds is 2. The van der Waals surface area contributed by atoms with Crippen molar-refractivity contribution in [3.63, 3.8) is 0 Å². The molecule has 0 radical (unpaired) electrons. The maximum absolute atomic E-state index is 12.1. The Morgan fingerprint density at radius 2 is 2.07 bits per heavy atom. The van der Waals surface area contributed by atoms with Crippen LogP contribution in [0.1, 0.15) is 21.6 Å². The highest BCUT2D eigenvalue weighted by molar-refractivity contribution is 6.08. The normalized spacial score (nSPS) is 10.3. The summed E-state index contributed by atoms with van der Waals surface area (Å²) in [7, 11) is 1.82. The summed E-state index contributed by atoms with van der Waals surface area (Å²) in [6, 6.07) is 7.57. The van der Waals surface area contributed by atoms with Gasteiger partial charge in [0.1, 0.15) is 5.69 Å². The van der Waals surface area contributed by atoms with Gasteiger partial charge < -0.3 is 4.57 Å². The molecule has 0 saturated carbocycles. The Kier molecular flexibility index (Phi) is 2.37. The molecule has 2 rings (SSSR count). The molecular formula is C12H12N2O. The SMILES string of the molecule is Cc1ccccc1C(=O)c1cncn1C. The van der Waals surface area contributed by atoms with E-state index in [9.17, 15) is 4.79 Å². The van der Waals surface area contributed by atoms with Gasteiger partial charge in [0.2, 0.25) is 5.78 Å². The Labute approximate surface area is 88.4 Å². The first-order valence-electron chi connectivity index (χ1n) is 4.77. The predicted molar refractivity (Wildman–Crippen MR) is 57.8 cm³/mol. The van der Waals surface area contributed by atoms with E-state index < -0.39 is 0 Å². The van der Waals surface area contributed by atoms with Crippen LogP contribution in [0.2, 0.25) is 0 Å². The summed E-state index contributed by atoms with van der Waals surface area (Å²) in [5.41, 5.74) is 2.34. The Morgan fingerprint density at radius 3 is 2.67 bits per heavy atom. The van der Waals surface area contributed by atoms with E-state index in [0.29, 0.717) is 5.69 Å². The van der Waals surface area contributed by atoms with Gasteiger partial charge in [-0.3, -0.25) is 4.79 Å². The highest BCUT2D eigenvalue weighted by atomic mass is 16.1. The second-order valence-electron chi connectivity index (χ2n) is 3.53. The zero-order valence-electron chi connectivity index (χ0n) is 8.77. The first-order valence-corrected chi connectivity index (χ1v) is 4.77. The van der Waals surface area contributed by atoms with Crippen LogP contribution in [-0.4, -0.2) is 15.3 Å². The van der Waals surface area contributed by atoms with Crippen LogP contribution in [0.5, 0.6) is 0 Å². The molecule has 0 bridgehead atoms. The second-order valence-corrected chi connectivity index (χ2v) is 3.53. The third-order valence-electron chi connectivity index (χ3n) is 2.44. The van der Waals surface area contributed by atoms with E-state index in [1.807, 2.05) is 38.2 Å². The van der Waals surface area contributed by atoms with Crippen molar-refractivity contribution in [3.8, 4) is 0 Å². The van der Waals surface area contributed by atoms with E-state index in [2.05, 4.69) is 4.98 Å². The van der Waals surface area contributed by atoms with Crippen LogP contribution in [0.4, 0.5) is 0 Å². The quantitative estimate of drug-likeness (QED) is 0.694. The van der Waals surface area contributed by atoms with E-state index >= 15 is 0 Å². The molecule has 76 valence electrons. The Morgan fingerprint density at radius 1 is 1.33 bits per heavy atom. The van der Waals surface area contributed by atoms with Crippen LogP contribution in [-0.2, 0) is 7.05 Å². The molecule has 2 aromatic rings.